The van der Waals surface area contributed by atoms with E-state index < -0.39 is 40.5 Å². The molecule has 1 aromatic heterocycles. The van der Waals surface area contributed by atoms with Gasteiger partial charge in [0.1, 0.15) is 5.69 Å². The van der Waals surface area contributed by atoms with Crippen LogP contribution in [-0.4, -0.2) is 10.9 Å². The highest BCUT2D eigenvalue weighted by Crippen LogP contribution is 2.29. The molecule has 0 radical (unpaired) electrons. The predicted octanol–water partition coefficient (Wildman–Crippen LogP) is 2.92. The van der Waals surface area contributed by atoms with Gasteiger partial charge in [0.25, 0.3) is 11.5 Å². The molecule has 9 heteroatoms. The highest BCUT2D eigenvalue weighted by molar-refractivity contribution is 6.04. The standard InChI is InChI=1S/C13H7F5N2O2/c14-8-2-1-6(3-9(8)15)11(21)20-10-4-7(13(16,17)18)5-19-12(10)22/h1-5H,(H,19,22)(H,20,21). The van der Waals surface area contributed by atoms with E-state index in [1.165, 1.54) is 0 Å². The number of nitrogens with one attached hydrogen (secondary N) is 2. The highest BCUT2D eigenvalue weighted by Gasteiger charge is 2.31. The number of hydrogen-bond acceptors (Lipinski definition) is 2. The Morgan fingerprint density at radius 1 is 1.09 bits per heavy atom. The fourth-order valence-electron chi connectivity index (χ4n) is 1.57. The van der Waals surface area contributed by atoms with Gasteiger partial charge < -0.3 is 10.3 Å². The van der Waals surface area contributed by atoms with Gasteiger partial charge in [0, 0.05) is 11.8 Å². The molecule has 0 unspecified atom stereocenters. The van der Waals surface area contributed by atoms with Gasteiger partial charge in [0.2, 0.25) is 0 Å². The molecule has 2 N–H and O–H groups in total. The Morgan fingerprint density at radius 3 is 2.36 bits per heavy atom. The zero-order chi connectivity index (χ0) is 16.5. The summed E-state index contributed by atoms with van der Waals surface area (Å²) in [5, 5.41) is 1.91. The first kappa shape index (κ1) is 15.7. The van der Waals surface area contributed by atoms with Gasteiger partial charge >= 0.3 is 6.18 Å². The van der Waals surface area contributed by atoms with Crippen LogP contribution in [0, 0.1) is 11.6 Å². The van der Waals surface area contributed by atoms with Crippen molar-refractivity contribution in [2.45, 2.75) is 6.18 Å². The molecule has 1 heterocycles. The van der Waals surface area contributed by atoms with E-state index in [9.17, 15) is 31.5 Å². The number of carbonyl (C=O) groups is 1. The third-order valence-electron chi connectivity index (χ3n) is 2.66. The second-order valence-corrected chi connectivity index (χ2v) is 4.21. The number of benzene rings is 1. The molecule has 0 fully saturated rings. The normalized spacial score (nSPS) is 11.3. The maximum Gasteiger partial charge on any atom is 0.417 e. The van der Waals surface area contributed by atoms with Gasteiger partial charge in [-0.15, -0.1) is 0 Å². The molecule has 0 saturated carbocycles. The number of carbonyl (C=O) groups excluding carboxylic acids is 1. The van der Waals surface area contributed by atoms with Crippen LogP contribution in [0.1, 0.15) is 15.9 Å². The number of hydrogen-bond donors (Lipinski definition) is 2. The minimum atomic E-state index is -4.72. The second-order valence-electron chi connectivity index (χ2n) is 4.21. The fraction of sp³-hybridized carbons (Fsp3) is 0.0769. The number of amides is 1. The van der Waals surface area contributed by atoms with E-state index in [0.717, 1.165) is 6.07 Å². The van der Waals surface area contributed by atoms with Crippen LogP contribution < -0.4 is 10.9 Å². The maximum absolute atomic E-state index is 13.0. The van der Waals surface area contributed by atoms with Gasteiger partial charge in [-0.25, -0.2) is 8.78 Å². The summed E-state index contributed by atoms with van der Waals surface area (Å²) in [6.45, 7) is 0. The van der Waals surface area contributed by atoms with E-state index in [4.69, 9.17) is 0 Å². The van der Waals surface area contributed by atoms with Crippen molar-refractivity contribution >= 4 is 11.6 Å². The summed E-state index contributed by atoms with van der Waals surface area (Å²) in [6.07, 6.45) is -4.26. The fourth-order valence-corrected chi connectivity index (χ4v) is 1.57. The van der Waals surface area contributed by atoms with E-state index in [1.54, 1.807) is 0 Å². The second kappa shape index (κ2) is 5.58. The summed E-state index contributed by atoms with van der Waals surface area (Å²) in [5.41, 5.74) is -3.16. The SMILES string of the molecule is O=C(Nc1cc(C(F)(F)F)c[nH]c1=O)c1ccc(F)c(F)c1. The molecule has 22 heavy (non-hydrogen) atoms. The van der Waals surface area contributed by atoms with Crippen LogP contribution in [0.2, 0.25) is 0 Å². The first-order valence-corrected chi connectivity index (χ1v) is 5.75. The van der Waals surface area contributed by atoms with E-state index >= 15 is 0 Å². The van der Waals surface area contributed by atoms with E-state index in [0.29, 0.717) is 24.4 Å². The first-order valence-electron chi connectivity index (χ1n) is 5.75. The molecule has 0 aliphatic heterocycles. The van der Waals surface area contributed by atoms with E-state index in [-0.39, 0.29) is 5.56 Å². The van der Waals surface area contributed by atoms with Crippen LogP contribution in [0.25, 0.3) is 0 Å². The lowest BCUT2D eigenvalue weighted by molar-refractivity contribution is -0.137. The van der Waals surface area contributed by atoms with Crippen molar-refractivity contribution in [1.82, 2.24) is 4.98 Å². The number of aromatic nitrogens is 1. The third kappa shape index (κ3) is 3.30. The van der Waals surface area contributed by atoms with Crippen molar-refractivity contribution in [1.29, 1.82) is 0 Å². The summed E-state index contributed by atoms with van der Waals surface area (Å²) < 4.78 is 63.4. The Hall–Kier alpha value is -2.71. The number of pyridine rings is 1. The minimum Gasteiger partial charge on any atom is -0.327 e. The molecule has 0 spiro atoms. The minimum absolute atomic E-state index is 0.351. The molecule has 0 aliphatic rings. The van der Waals surface area contributed by atoms with Crippen LogP contribution in [0.4, 0.5) is 27.6 Å². The smallest absolute Gasteiger partial charge is 0.327 e. The molecule has 2 rings (SSSR count). The van der Waals surface area contributed by atoms with Crippen molar-refractivity contribution in [3.8, 4) is 0 Å². The van der Waals surface area contributed by atoms with Crippen molar-refractivity contribution in [3.63, 3.8) is 0 Å². The topological polar surface area (TPSA) is 62.0 Å². The number of H-pyrrole nitrogens is 1. The molecule has 4 nitrogen and oxygen atoms in total. The number of rotatable bonds is 2. The molecule has 2 aromatic rings. The third-order valence-corrected chi connectivity index (χ3v) is 2.66. The maximum atomic E-state index is 13.0. The van der Waals surface area contributed by atoms with Crippen LogP contribution in [0.3, 0.4) is 0 Å². The van der Waals surface area contributed by atoms with Gasteiger partial charge in [-0.3, -0.25) is 9.59 Å². The van der Waals surface area contributed by atoms with Gasteiger partial charge in [-0.1, -0.05) is 0 Å². The van der Waals surface area contributed by atoms with Crippen molar-refractivity contribution < 1.29 is 26.7 Å². The predicted molar refractivity (Wildman–Crippen MR) is 66.4 cm³/mol. The summed E-state index contributed by atoms with van der Waals surface area (Å²) in [4.78, 5) is 25.0. The lowest BCUT2D eigenvalue weighted by Crippen LogP contribution is -2.21. The Morgan fingerprint density at radius 2 is 1.77 bits per heavy atom. The molecule has 1 aromatic carbocycles. The zero-order valence-electron chi connectivity index (χ0n) is 10.6. The number of aromatic amines is 1. The molecule has 0 bridgehead atoms. The average molecular weight is 318 g/mol. The molecule has 0 saturated heterocycles. The molecule has 0 aliphatic carbocycles. The first-order chi connectivity index (χ1) is 10.2. The lowest BCUT2D eigenvalue weighted by Gasteiger charge is -2.09. The van der Waals surface area contributed by atoms with Crippen LogP contribution >= 0.6 is 0 Å². The monoisotopic (exact) mass is 318 g/mol. The number of anilines is 1. The highest BCUT2D eigenvalue weighted by atomic mass is 19.4. The zero-order valence-corrected chi connectivity index (χ0v) is 10.6. The van der Waals surface area contributed by atoms with Crippen molar-refractivity contribution in [3.05, 3.63) is 63.6 Å². The average Bonchev–Trinajstić information content (AvgIpc) is 2.43. The summed E-state index contributed by atoms with van der Waals surface area (Å²) in [5.74, 6) is -3.54. The van der Waals surface area contributed by atoms with Gasteiger partial charge in [-0.05, 0) is 24.3 Å². The lowest BCUT2D eigenvalue weighted by atomic mass is 10.2. The largest absolute Gasteiger partial charge is 0.417 e. The Bertz CT molecular complexity index is 783. The molecule has 1 amide bonds. The molecular weight excluding hydrogens is 311 g/mol. The summed E-state index contributed by atoms with van der Waals surface area (Å²) in [6, 6.07) is 2.61. The Kier molecular flexibility index (Phi) is 3.98. The van der Waals surface area contributed by atoms with Crippen molar-refractivity contribution in [2.75, 3.05) is 5.32 Å². The van der Waals surface area contributed by atoms with Gasteiger partial charge in [0.15, 0.2) is 11.6 Å². The van der Waals surface area contributed by atoms with Gasteiger partial charge in [0.05, 0.1) is 5.56 Å². The van der Waals surface area contributed by atoms with Gasteiger partial charge in [-0.2, -0.15) is 13.2 Å². The van der Waals surface area contributed by atoms with E-state index in [2.05, 4.69) is 0 Å². The quantitative estimate of drug-likeness (QED) is 0.836. The number of alkyl halides is 3. The molecule has 0 atom stereocenters. The molecule has 116 valence electrons. The summed E-state index contributed by atoms with van der Waals surface area (Å²) >= 11 is 0. The van der Waals surface area contributed by atoms with Crippen LogP contribution in [0.15, 0.2) is 35.3 Å². The van der Waals surface area contributed by atoms with Crippen LogP contribution in [0.5, 0.6) is 0 Å². The van der Waals surface area contributed by atoms with Crippen LogP contribution in [-0.2, 0) is 6.18 Å². The Labute approximate surface area is 119 Å². The van der Waals surface area contributed by atoms with Crippen molar-refractivity contribution in [2.24, 2.45) is 0 Å². The molecular formula is C13H7F5N2O2. The summed E-state index contributed by atoms with van der Waals surface area (Å²) in [7, 11) is 0. The number of halogens is 5. The van der Waals surface area contributed by atoms with E-state index in [1.807, 2.05) is 10.3 Å². The Balaban J connectivity index is 2.32.